The highest BCUT2D eigenvalue weighted by Gasteiger charge is 2.36. The maximum Gasteiger partial charge on any atom is 0.379 e. The van der Waals surface area contributed by atoms with Gasteiger partial charge in [0.05, 0.1) is 22.6 Å². The number of esters is 1. The van der Waals surface area contributed by atoms with Crippen molar-refractivity contribution in [2.75, 3.05) is 0 Å². The van der Waals surface area contributed by atoms with Crippen LogP contribution >= 0.6 is 11.8 Å². The summed E-state index contributed by atoms with van der Waals surface area (Å²) in [5.41, 5.74) is 0.720. The highest BCUT2D eigenvalue weighted by atomic mass is 32.2. The van der Waals surface area contributed by atoms with E-state index in [0.29, 0.717) is 5.56 Å². The number of nitrogens with zero attached hydrogens (tertiary/aromatic N) is 2. The van der Waals surface area contributed by atoms with Crippen LogP contribution in [0, 0.1) is 10.1 Å². The van der Waals surface area contributed by atoms with E-state index in [0.717, 1.165) is 16.7 Å². The Bertz CT molecular complexity index is 1230. The molecule has 2 aromatic carbocycles. The molecule has 2 amide bonds. The third-order valence-corrected chi connectivity index (χ3v) is 5.41. The number of para-hydroxylation sites is 1. The molecule has 2 heterocycles. The molecule has 0 aliphatic carbocycles. The minimum Gasteiger partial charge on any atom is -0.457 e. The SMILES string of the molecule is O=C(Oc1ccc(/C=C2\SC(=O)N(Cc3ccccc3[N+](=O)[O-])C2=O)cc1)c1ccco1. The van der Waals surface area contributed by atoms with Crippen LogP contribution in [-0.4, -0.2) is 26.9 Å². The van der Waals surface area contributed by atoms with Crippen molar-refractivity contribution in [3.05, 3.63) is 98.8 Å². The number of carbonyl (C=O) groups excluding carboxylic acids is 3. The maximum atomic E-state index is 12.7. The van der Waals surface area contributed by atoms with Crippen molar-refractivity contribution in [1.82, 2.24) is 4.90 Å². The van der Waals surface area contributed by atoms with Crippen molar-refractivity contribution in [3.63, 3.8) is 0 Å². The summed E-state index contributed by atoms with van der Waals surface area (Å²) in [5, 5.41) is 10.7. The van der Waals surface area contributed by atoms with Gasteiger partial charge in [0, 0.05) is 11.6 Å². The zero-order valence-corrected chi connectivity index (χ0v) is 17.1. The molecule has 0 bridgehead atoms. The molecular weight excluding hydrogens is 436 g/mol. The van der Waals surface area contributed by atoms with Gasteiger partial charge in [0.2, 0.25) is 5.76 Å². The van der Waals surface area contributed by atoms with E-state index in [2.05, 4.69) is 0 Å². The topological polar surface area (TPSA) is 120 Å². The van der Waals surface area contributed by atoms with Gasteiger partial charge in [-0.05, 0) is 47.7 Å². The Morgan fingerprint density at radius 1 is 1.09 bits per heavy atom. The molecule has 1 aliphatic heterocycles. The van der Waals surface area contributed by atoms with Gasteiger partial charge in [0.15, 0.2) is 0 Å². The number of amides is 2. The summed E-state index contributed by atoms with van der Waals surface area (Å²) in [5.74, 6) is -0.820. The Morgan fingerprint density at radius 2 is 1.84 bits per heavy atom. The second-order valence-electron chi connectivity index (χ2n) is 6.59. The Hall–Kier alpha value is -4.18. The highest BCUT2D eigenvalue weighted by Crippen LogP contribution is 2.34. The first-order valence-corrected chi connectivity index (χ1v) is 10.1. The van der Waals surface area contributed by atoms with E-state index in [-0.39, 0.29) is 34.2 Å². The third kappa shape index (κ3) is 4.44. The van der Waals surface area contributed by atoms with Crippen LogP contribution in [0.5, 0.6) is 5.75 Å². The zero-order valence-electron chi connectivity index (χ0n) is 16.3. The number of hydrogen-bond donors (Lipinski definition) is 0. The Labute approximate surface area is 185 Å². The summed E-state index contributed by atoms with van der Waals surface area (Å²) >= 11 is 0.754. The minimum atomic E-state index is -0.640. The van der Waals surface area contributed by atoms with Crippen LogP contribution in [0.3, 0.4) is 0 Å². The van der Waals surface area contributed by atoms with Gasteiger partial charge < -0.3 is 9.15 Å². The van der Waals surface area contributed by atoms with Gasteiger partial charge in [0.1, 0.15) is 5.75 Å². The average molecular weight is 450 g/mol. The fraction of sp³-hybridized carbons (Fsp3) is 0.0455. The summed E-state index contributed by atoms with van der Waals surface area (Å²) < 4.78 is 10.2. The molecule has 0 N–H and O–H groups in total. The number of furan rings is 1. The predicted molar refractivity (Wildman–Crippen MR) is 115 cm³/mol. The number of carbonyl (C=O) groups is 3. The van der Waals surface area contributed by atoms with E-state index in [4.69, 9.17) is 9.15 Å². The van der Waals surface area contributed by atoms with Crippen molar-refractivity contribution in [2.24, 2.45) is 0 Å². The molecule has 0 atom stereocenters. The van der Waals surface area contributed by atoms with Crippen molar-refractivity contribution in [1.29, 1.82) is 0 Å². The van der Waals surface area contributed by atoms with Crippen LogP contribution in [-0.2, 0) is 11.3 Å². The lowest BCUT2D eigenvalue weighted by Gasteiger charge is -2.12. The molecule has 4 rings (SSSR count). The van der Waals surface area contributed by atoms with Gasteiger partial charge in [-0.2, -0.15) is 0 Å². The lowest BCUT2D eigenvalue weighted by molar-refractivity contribution is -0.385. The second kappa shape index (κ2) is 8.90. The van der Waals surface area contributed by atoms with Crippen molar-refractivity contribution in [2.45, 2.75) is 6.54 Å². The number of imide groups is 1. The first kappa shape index (κ1) is 21.1. The quantitative estimate of drug-likeness (QED) is 0.175. The summed E-state index contributed by atoms with van der Waals surface area (Å²) in [6.45, 7) is -0.194. The fourth-order valence-electron chi connectivity index (χ4n) is 2.96. The molecule has 0 saturated carbocycles. The van der Waals surface area contributed by atoms with E-state index in [1.165, 1.54) is 36.6 Å². The largest absolute Gasteiger partial charge is 0.457 e. The van der Waals surface area contributed by atoms with Gasteiger partial charge in [-0.25, -0.2) is 4.79 Å². The Kier molecular flexibility index (Phi) is 5.86. The van der Waals surface area contributed by atoms with Gasteiger partial charge in [-0.15, -0.1) is 0 Å². The number of ether oxygens (including phenoxy) is 1. The number of nitro benzene ring substituents is 1. The number of thioether (sulfide) groups is 1. The summed E-state index contributed by atoms with van der Waals surface area (Å²) in [6, 6.07) is 15.4. The minimum absolute atomic E-state index is 0.0707. The molecule has 0 unspecified atom stereocenters. The number of hydrogen-bond acceptors (Lipinski definition) is 8. The zero-order chi connectivity index (χ0) is 22.7. The molecular formula is C22H14N2O7S. The smallest absolute Gasteiger partial charge is 0.379 e. The van der Waals surface area contributed by atoms with E-state index >= 15 is 0 Å². The molecule has 1 fully saturated rings. The standard InChI is InChI=1S/C22H14N2O7S/c25-20-19(32-22(27)23(20)13-15-4-1-2-5-17(15)24(28)29)12-14-7-9-16(10-8-14)31-21(26)18-6-3-11-30-18/h1-12H,13H2/b19-12-. The molecule has 0 spiro atoms. The van der Waals surface area contributed by atoms with Crippen LogP contribution in [0.1, 0.15) is 21.7 Å². The molecule has 160 valence electrons. The van der Waals surface area contributed by atoms with Crippen molar-refractivity contribution < 1.29 is 28.5 Å². The first-order chi connectivity index (χ1) is 15.4. The molecule has 0 radical (unpaired) electrons. The van der Waals surface area contributed by atoms with Crippen LogP contribution in [0.15, 0.2) is 76.2 Å². The number of nitro groups is 1. The van der Waals surface area contributed by atoms with E-state index < -0.39 is 22.0 Å². The normalized spacial score (nSPS) is 14.8. The first-order valence-electron chi connectivity index (χ1n) is 9.26. The molecule has 9 nitrogen and oxygen atoms in total. The molecule has 1 aromatic heterocycles. The number of rotatable bonds is 6. The van der Waals surface area contributed by atoms with E-state index in [9.17, 15) is 24.5 Å². The van der Waals surface area contributed by atoms with Gasteiger partial charge >= 0.3 is 5.97 Å². The second-order valence-corrected chi connectivity index (χ2v) is 7.58. The van der Waals surface area contributed by atoms with Crippen LogP contribution in [0.25, 0.3) is 6.08 Å². The molecule has 1 saturated heterocycles. The fourth-order valence-corrected chi connectivity index (χ4v) is 3.80. The van der Waals surface area contributed by atoms with E-state index in [1.54, 1.807) is 36.4 Å². The van der Waals surface area contributed by atoms with Gasteiger partial charge in [-0.1, -0.05) is 30.3 Å². The van der Waals surface area contributed by atoms with Crippen LogP contribution in [0.4, 0.5) is 10.5 Å². The molecule has 1 aliphatic rings. The maximum absolute atomic E-state index is 12.7. The molecule has 10 heteroatoms. The average Bonchev–Trinajstić information content (AvgIpc) is 3.40. The van der Waals surface area contributed by atoms with Gasteiger partial charge in [-0.3, -0.25) is 24.6 Å². The van der Waals surface area contributed by atoms with Crippen molar-refractivity contribution in [3.8, 4) is 5.75 Å². The summed E-state index contributed by atoms with van der Waals surface area (Å²) in [7, 11) is 0. The Morgan fingerprint density at radius 3 is 2.53 bits per heavy atom. The lowest BCUT2D eigenvalue weighted by atomic mass is 10.1. The highest BCUT2D eigenvalue weighted by molar-refractivity contribution is 8.18. The predicted octanol–water partition coefficient (Wildman–Crippen LogP) is 4.64. The van der Waals surface area contributed by atoms with Crippen LogP contribution in [0.2, 0.25) is 0 Å². The molecule has 3 aromatic rings. The van der Waals surface area contributed by atoms with Gasteiger partial charge in [0.25, 0.3) is 16.8 Å². The third-order valence-electron chi connectivity index (χ3n) is 4.50. The lowest BCUT2D eigenvalue weighted by Crippen LogP contribution is -2.27. The number of benzene rings is 2. The summed E-state index contributed by atoms with van der Waals surface area (Å²) in [6.07, 6.45) is 2.89. The molecule has 32 heavy (non-hydrogen) atoms. The van der Waals surface area contributed by atoms with Crippen LogP contribution < -0.4 is 4.74 Å². The van der Waals surface area contributed by atoms with E-state index in [1.807, 2.05) is 0 Å². The monoisotopic (exact) mass is 450 g/mol. The Balaban J connectivity index is 1.47. The van der Waals surface area contributed by atoms with Crippen molar-refractivity contribution >= 4 is 40.6 Å². The summed E-state index contributed by atoms with van der Waals surface area (Å²) in [4.78, 5) is 48.8.